The average Bonchev–Trinajstić information content (AvgIpc) is 3.11. The van der Waals surface area contributed by atoms with E-state index in [1.54, 1.807) is 0 Å². The van der Waals surface area contributed by atoms with Crippen LogP contribution in [0.3, 0.4) is 0 Å². The molecule has 1 aliphatic carbocycles. The van der Waals surface area contributed by atoms with Gasteiger partial charge in [-0.2, -0.15) is 0 Å². The molecule has 0 amide bonds. The Morgan fingerprint density at radius 1 is 1.10 bits per heavy atom. The highest BCUT2D eigenvalue weighted by Crippen LogP contribution is 2.44. The van der Waals surface area contributed by atoms with Crippen LogP contribution in [0.4, 0.5) is 0 Å². The molecule has 0 aromatic heterocycles. The molecule has 4 rings (SSSR count). The topological polar surface area (TPSA) is 83.2 Å². The van der Waals surface area contributed by atoms with Crippen molar-refractivity contribution in [2.45, 2.75) is 36.7 Å². The molecule has 1 aromatic carbocycles. The van der Waals surface area contributed by atoms with Crippen molar-refractivity contribution in [2.24, 2.45) is 5.73 Å². The maximum atomic E-state index is 10.3. The molecule has 0 radical (unpaired) electrons. The van der Waals surface area contributed by atoms with Gasteiger partial charge in [-0.05, 0) is 17.7 Å². The average molecular weight is 293 g/mol. The highest BCUT2D eigenvalue weighted by atomic mass is 16.7. The molecule has 2 heterocycles. The second kappa shape index (κ2) is 4.84. The predicted octanol–water partition coefficient (Wildman–Crippen LogP) is 0.724. The Balaban J connectivity index is 1.65. The van der Waals surface area contributed by atoms with Gasteiger partial charge in [-0.1, -0.05) is 6.07 Å². The lowest BCUT2D eigenvalue weighted by atomic mass is 9.75. The van der Waals surface area contributed by atoms with Crippen LogP contribution in [-0.4, -0.2) is 43.0 Å². The fraction of sp³-hybridized carbons (Fsp3) is 0.600. The standard InChI is InChI=1S/C15H19NO5/c16-14-10(6-15(7-11(14)17)20-3-4-21-15)9-1-2-12-13(5-9)19-8-18-12/h1-2,5,10-11,14,17H,3-4,6-8,16H2. The molecule has 3 unspecified atom stereocenters. The summed E-state index contributed by atoms with van der Waals surface area (Å²) in [6, 6.07) is 5.45. The molecule has 1 aromatic rings. The Hall–Kier alpha value is -1.34. The molecule has 1 saturated carbocycles. The molecule has 114 valence electrons. The Morgan fingerprint density at radius 2 is 1.86 bits per heavy atom. The van der Waals surface area contributed by atoms with Crippen LogP contribution in [0.1, 0.15) is 24.3 Å². The molecule has 21 heavy (non-hydrogen) atoms. The first-order valence-electron chi connectivity index (χ1n) is 7.28. The molecule has 6 heteroatoms. The number of hydrogen-bond acceptors (Lipinski definition) is 6. The van der Waals surface area contributed by atoms with E-state index in [1.165, 1.54) is 0 Å². The third-order valence-corrected chi connectivity index (χ3v) is 4.60. The maximum absolute atomic E-state index is 10.3. The second-order valence-electron chi connectivity index (χ2n) is 5.88. The van der Waals surface area contributed by atoms with E-state index in [2.05, 4.69) is 0 Å². The van der Waals surface area contributed by atoms with Gasteiger partial charge in [0.15, 0.2) is 17.3 Å². The summed E-state index contributed by atoms with van der Waals surface area (Å²) in [6.45, 7) is 1.37. The smallest absolute Gasteiger partial charge is 0.231 e. The number of fused-ring (bicyclic) bond motifs is 1. The third kappa shape index (κ3) is 2.19. The van der Waals surface area contributed by atoms with Crippen molar-refractivity contribution in [3.63, 3.8) is 0 Å². The summed E-state index contributed by atoms with van der Waals surface area (Å²) >= 11 is 0. The van der Waals surface area contributed by atoms with Gasteiger partial charge in [0.05, 0.1) is 19.3 Å². The summed E-state index contributed by atoms with van der Waals surface area (Å²) in [6.07, 6.45) is 0.423. The van der Waals surface area contributed by atoms with Gasteiger partial charge in [0.1, 0.15) is 0 Å². The maximum Gasteiger partial charge on any atom is 0.231 e. The van der Waals surface area contributed by atoms with Crippen molar-refractivity contribution in [2.75, 3.05) is 20.0 Å². The lowest BCUT2D eigenvalue weighted by Gasteiger charge is -2.42. The third-order valence-electron chi connectivity index (χ3n) is 4.60. The molecular formula is C15H19NO5. The zero-order chi connectivity index (χ0) is 14.4. The monoisotopic (exact) mass is 293 g/mol. The molecule has 6 nitrogen and oxygen atoms in total. The van der Waals surface area contributed by atoms with Gasteiger partial charge in [-0.3, -0.25) is 0 Å². The van der Waals surface area contributed by atoms with Crippen LogP contribution in [0.25, 0.3) is 0 Å². The van der Waals surface area contributed by atoms with E-state index < -0.39 is 11.9 Å². The summed E-state index contributed by atoms with van der Waals surface area (Å²) in [4.78, 5) is 0. The van der Waals surface area contributed by atoms with E-state index in [0.29, 0.717) is 26.1 Å². The molecule has 2 aliphatic heterocycles. The molecular weight excluding hydrogens is 274 g/mol. The van der Waals surface area contributed by atoms with E-state index >= 15 is 0 Å². The molecule has 1 saturated heterocycles. The van der Waals surface area contributed by atoms with E-state index in [-0.39, 0.29) is 18.8 Å². The number of hydrogen-bond donors (Lipinski definition) is 2. The molecule has 0 bridgehead atoms. The van der Waals surface area contributed by atoms with Crippen molar-refractivity contribution in [3.8, 4) is 11.5 Å². The van der Waals surface area contributed by atoms with Crippen molar-refractivity contribution < 1.29 is 24.1 Å². The van der Waals surface area contributed by atoms with Gasteiger partial charge in [-0.25, -0.2) is 0 Å². The number of rotatable bonds is 1. The number of aliphatic hydroxyl groups is 1. The fourth-order valence-electron chi connectivity index (χ4n) is 3.49. The number of aliphatic hydroxyl groups excluding tert-OH is 1. The summed E-state index contributed by atoms with van der Waals surface area (Å²) in [7, 11) is 0. The van der Waals surface area contributed by atoms with E-state index in [4.69, 9.17) is 24.7 Å². The lowest BCUT2D eigenvalue weighted by Crippen LogP contribution is -2.53. The minimum Gasteiger partial charge on any atom is -0.454 e. The summed E-state index contributed by atoms with van der Waals surface area (Å²) < 4.78 is 22.3. The Kier molecular flexibility index (Phi) is 3.08. The first-order valence-corrected chi connectivity index (χ1v) is 7.28. The van der Waals surface area contributed by atoms with Crippen LogP contribution in [0.2, 0.25) is 0 Å². The van der Waals surface area contributed by atoms with Crippen molar-refractivity contribution in [1.29, 1.82) is 0 Å². The molecule has 2 fully saturated rings. The van der Waals surface area contributed by atoms with Gasteiger partial charge in [-0.15, -0.1) is 0 Å². The van der Waals surface area contributed by atoms with Gasteiger partial charge < -0.3 is 29.8 Å². The van der Waals surface area contributed by atoms with Gasteiger partial charge >= 0.3 is 0 Å². The first kappa shape index (κ1) is 13.3. The van der Waals surface area contributed by atoms with Crippen LogP contribution in [-0.2, 0) is 9.47 Å². The second-order valence-corrected chi connectivity index (χ2v) is 5.88. The lowest BCUT2D eigenvalue weighted by molar-refractivity contribution is -0.202. The number of nitrogens with two attached hydrogens (primary N) is 1. The highest BCUT2D eigenvalue weighted by molar-refractivity contribution is 5.46. The minimum atomic E-state index is -0.698. The van der Waals surface area contributed by atoms with E-state index in [0.717, 1.165) is 17.1 Å². The first-order chi connectivity index (χ1) is 10.2. The molecule has 1 spiro atoms. The van der Waals surface area contributed by atoms with Crippen LogP contribution in [0, 0.1) is 0 Å². The zero-order valence-corrected chi connectivity index (χ0v) is 11.7. The largest absolute Gasteiger partial charge is 0.454 e. The molecule has 3 aliphatic rings. The number of benzene rings is 1. The summed E-state index contributed by atoms with van der Waals surface area (Å²) in [5, 5.41) is 10.3. The van der Waals surface area contributed by atoms with Crippen molar-refractivity contribution in [3.05, 3.63) is 23.8 Å². The highest BCUT2D eigenvalue weighted by Gasteiger charge is 2.48. The van der Waals surface area contributed by atoms with Gasteiger partial charge in [0, 0.05) is 24.8 Å². The molecule has 3 N–H and O–H groups in total. The van der Waals surface area contributed by atoms with Gasteiger partial charge in [0.25, 0.3) is 0 Å². The quantitative estimate of drug-likeness (QED) is 0.794. The van der Waals surface area contributed by atoms with Crippen molar-refractivity contribution >= 4 is 0 Å². The Morgan fingerprint density at radius 3 is 2.67 bits per heavy atom. The van der Waals surface area contributed by atoms with Crippen LogP contribution < -0.4 is 15.2 Å². The van der Waals surface area contributed by atoms with E-state index in [9.17, 15) is 5.11 Å². The van der Waals surface area contributed by atoms with Gasteiger partial charge in [0.2, 0.25) is 6.79 Å². The summed E-state index contributed by atoms with van der Waals surface area (Å²) in [5.41, 5.74) is 7.24. The predicted molar refractivity (Wildman–Crippen MR) is 73.2 cm³/mol. The van der Waals surface area contributed by atoms with Crippen LogP contribution in [0.5, 0.6) is 11.5 Å². The van der Waals surface area contributed by atoms with E-state index in [1.807, 2.05) is 18.2 Å². The fourth-order valence-corrected chi connectivity index (χ4v) is 3.49. The van der Waals surface area contributed by atoms with Crippen LogP contribution >= 0.6 is 0 Å². The normalized spacial score (nSPS) is 33.5. The Bertz CT molecular complexity index is 543. The zero-order valence-electron chi connectivity index (χ0n) is 11.7. The SMILES string of the molecule is NC1C(O)CC2(CC1c1ccc3c(c1)OCO3)OCCO2. The number of ether oxygens (including phenoxy) is 4. The molecule has 3 atom stereocenters. The van der Waals surface area contributed by atoms with Crippen molar-refractivity contribution in [1.82, 2.24) is 0 Å². The Labute approximate surface area is 122 Å². The van der Waals surface area contributed by atoms with Crippen LogP contribution in [0.15, 0.2) is 18.2 Å². The summed E-state index contributed by atoms with van der Waals surface area (Å²) in [5.74, 6) is 0.728. The minimum absolute atomic E-state index is 0.0404.